The summed E-state index contributed by atoms with van der Waals surface area (Å²) in [6.07, 6.45) is 0.664. The average Bonchev–Trinajstić information content (AvgIpc) is 2.92. The lowest BCUT2D eigenvalue weighted by Crippen LogP contribution is -2.46. The quantitative estimate of drug-likeness (QED) is 0.791. The molecule has 0 aromatic carbocycles. The van der Waals surface area contributed by atoms with Crippen LogP contribution in [0.1, 0.15) is 37.3 Å². The van der Waals surface area contributed by atoms with Crippen LogP contribution >= 0.6 is 0 Å². The first kappa shape index (κ1) is 17.4. The van der Waals surface area contributed by atoms with Gasteiger partial charge in [-0.05, 0) is 18.6 Å². The number of sulfonamides is 1. The number of hydrogen-bond donors (Lipinski definition) is 1. The van der Waals surface area contributed by atoms with Gasteiger partial charge in [-0.15, -0.1) is 0 Å². The van der Waals surface area contributed by atoms with Gasteiger partial charge in [0.05, 0.1) is 12.4 Å². The molecule has 1 aliphatic carbocycles. The van der Waals surface area contributed by atoms with Crippen LogP contribution in [0.25, 0.3) is 0 Å². The van der Waals surface area contributed by atoms with Gasteiger partial charge in [0.1, 0.15) is 17.6 Å². The van der Waals surface area contributed by atoms with E-state index < -0.39 is 33.7 Å². The Balaban J connectivity index is 2.06. The molecule has 8 heteroatoms. The highest BCUT2D eigenvalue weighted by atomic mass is 32.2. The molecule has 1 aliphatic rings. The molecule has 1 fully saturated rings. The first-order valence-corrected chi connectivity index (χ1v) is 8.88. The van der Waals surface area contributed by atoms with E-state index in [4.69, 9.17) is 9.15 Å². The number of furan rings is 1. The molecular formula is C14H21F2NO4S. The third kappa shape index (κ3) is 4.05. The minimum absolute atomic E-state index is 0.0664. The zero-order valence-electron chi connectivity index (χ0n) is 12.6. The Labute approximate surface area is 129 Å². The van der Waals surface area contributed by atoms with E-state index in [1.165, 1.54) is 7.11 Å². The Morgan fingerprint density at radius 2 is 2.23 bits per heavy atom. The molecule has 0 bridgehead atoms. The SMILES string of the molecule is CCc1ccc(C(COC)NS(=O)(=O)CC2CCC2(F)F)o1. The fourth-order valence-corrected chi connectivity index (χ4v) is 4.07. The van der Waals surface area contributed by atoms with Crippen LogP contribution in [0.2, 0.25) is 0 Å². The molecule has 22 heavy (non-hydrogen) atoms. The first-order valence-electron chi connectivity index (χ1n) is 7.22. The summed E-state index contributed by atoms with van der Waals surface area (Å²) in [6.45, 7) is 1.98. The number of hydrogen-bond acceptors (Lipinski definition) is 4. The van der Waals surface area contributed by atoms with Crippen LogP contribution in [0.15, 0.2) is 16.5 Å². The zero-order chi connectivity index (χ0) is 16.4. The van der Waals surface area contributed by atoms with Gasteiger partial charge in [-0.2, -0.15) is 0 Å². The molecule has 0 spiro atoms. The van der Waals surface area contributed by atoms with E-state index in [1.54, 1.807) is 12.1 Å². The molecule has 1 aromatic heterocycles. The summed E-state index contributed by atoms with van der Waals surface area (Å²) in [7, 11) is -2.41. The van der Waals surface area contributed by atoms with Gasteiger partial charge >= 0.3 is 0 Å². The number of nitrogens with one attached hydrogen (secondary N) is 1. The standard InChI is InChI=1S/C14H21F2NO4S/c1-3-11-4-5-13(21-11)12(8-20-2)17-22(18,19)9-10-6-7-14(10,15)16/h4-5,10,12,17H,3,6-9H2,1-2H3. The summed E-state index contributed by atoms with van der Waals surface area (Å²) in [6, 6.07) is 2.71. The smallest absolute Gasteiger partial charge is 0.251 e. The van der Waals surface area contributed by atoms with Crippen molar-refractivity contribution in [2.24, 2.45) is 5.92 Å². The van der Waals surface area contributed by atoms with Gasteiger partial charge in [-0.3, -0.25) is 0 Å². The van der Waals surface area contributed by atoms with Gasteiger partial charge < -0.3 is 9.15 Å². The summed E-state index contributed by atoms with van der Waals surface area (Å²) in [4.78, 5) is 0. The van der Waals surface area contributed by atoms with E-state index in [9.17, 15) is 17.2 Å². The van der Waals surface area contributed by atoms with Crippen molar-refractivity contribution in [2.75, 3.05) is 19.5 Å². The molecule has 2 unspecified atom stereocenters. The maximum atomic E-state index is 13.3. The Bertz CT molecular complexity index is 600. The van der Waals surface area contributed by atoms with Crippen LogP contribution < -0.4 is 4.72 Å². The minimum atomic E-state index is -3.85. The van der Waals surface area contributed by atoms with Crippen molar-refractivity contribution in [1.29, 1.82) is 0 Å². The van der Waals surface area contributed by atoms with Crippen LogP contribution in [0, 0.1) is 5.92 Å². The Morgan fingerprint density at radius 1 is 1.50 bits per heavy atom. The summed E-state index contributed by atoms with van der Waals surface area (Å²) in [5.74, 6) is -3.44. The molecule has 1 N–H and O–H groups in total. The van der Waals surface area contributed by atoms with Gasteiger partial charge in [0.2, 0.25) is 10.0 Å². The number of halogens is 2. The Hall–Kier alpha value is -0.990. The molecule has 0 radical (unpaired) electrons. The van der Waals surface area contributed by atoms with Crippen LogP contribution in [0.3, 0.4) is 0 Å². The van der Waals surface area contributed by atoms with E-state index >= 15 is 0 Å². The van der Waals surface area contributed by atoms with Crippen molar-refractivity contribution in [2.45, 2.75) is 38.2 Å². The molecule has 1 heterocycles. The minimum Gasteiger partial charge on any atom is -0.464 e. The predicted octanol–water partition coefficient (Wildman–Crippen LogP) is 2.49. The summed E-state index contributed by atoms with van der Waals surface area (Å²) < 4.78 is 63.7. The highest BCUT2D eigenvalue weighted by Crippen LogP contribution is 2.44. The number of rotatable bonds is 8. The van der Waals surface area contributed by atoms with Crippen molar-refractivity contribution in [3.05, 3.63) is 23.7 Å². The number of methoxy groups -OCH3 is 1. The van der Waals surface area contributed by atoms with Gasteiger partial charge in [-0.1, -0.05) is 6.92 Å². The van der Waals surface area contributed by atoms with E-state index in [0.29, 0.717) is 12.2 Å². The number of aryl methyl sites for hydroxylation is 1. The molecule has 0 saturated heterocycles. The van der Waals surface area contributed by atoms with Crippen LogP contribution in [0.4, 0.5) is 8.78 Å². The first-order chi connectivity index (χ1) is 10.3. The van der Waals surface area contributed by atoms with Crippen molar-refractivity contribution in [1.82, 2.24) is 4.72 Å². The second kappa shape index (κ2) is 6.64. The molecule has 0 aliphatic heterocycles. The fourth-order valence-electron chi connectivity index (χ4n) is 2.41. The lowest BCUT2D eigenvalue weighted by atomic mass is 9.82. The van der Waals surface area contributed by atoms with Crippen molar-refractivity contribution in [3.8, 4) is 0 Å². The number of alkyl halides is 2. The second-order valence-electron chi connectivity index (χ2n) is 5.56. The molecule has 1 aromatic rings. The van der Waals surface area contributed by atoms with E-state index in [2.05, 4.69) is 4.72 Å². The largest absolute Gasteiger partial charge is 0.464 e. The van der Waals surface area contributed by atoms with Gasteiger partial charge in [-0.25, -0.2) is 21.9 Å². The average molecular weight is 337 g/mol. The normalized spacial score (nSPS) is 22.3. The van der Waals surface area contributed by atoms with Crippen LogP contribution in [-0.2, 0) is 21.2 Å². The second-order valence-corrected chi connectivity index (χ2v) is 7.36. The van der Waals surface area contributed by atoms with Crippen LogP contribution in [0.5, 0.6) is 0 Å². The monoisotopic (exact) mass is 337 g/mol. The lowest BCUT2D eigenvalue weighted by molar-refractivity contribution is -0.122. The van der Waals surface area contributed by atoms with Gasteiger partial charge in [0.15, 0.2) is 0 Å². The molecule has 126 valence electrons. The van der Waals surface area contributed by atoms with Crippen molar-refractivity contribution >= 4 is 10.0 Å². The molecule has 1 saturated carbocycles. The van der Waals surface area contributed by atoms with E-state index in [-0.39, 0.29) is 19.4 Å². The fraction of sp³-hybridized carbons (Fsp3) is 0.714. The Morgan fingerprint density at radius 3 is 2.68 bits per heavy atom. The summed E-state index contributed by atoms with van der Waals surface area (Å²) >= 11 is 0. The van der Waals surface area contributed by atoms with Crippen LogP contribution in [-0.4, -0.2) is 33.8 Å². The topological polar surface area (TPSA) is 68.5 Å². The summed E-state index contributed by atoms with van der Waals surface area (Å²) in [5.41, 5.74) is 0. The molecule has 2 atom stereocenters. The lowest BCUT2D eigenvalue weighted by Gasteiger charge is -2.36. The van der Waals surface area contributed by atoms with Gasteiger partial charge in [0, 0.05) is 25.9 Å². The van der Waals surface area contributed by atoms with E-state index in [1.807, 2.05) is 6.92 Å². The maximum Gasteiger partial charge on any atom is 0.251 e. The molecule has 0 amide bonds. The molecule has 5 nitrogen and oxygen atoms in total. The van der Waals surface area contributed by atoms with E-state index in [0.717, 1.165) is 5.76 Å². The Kier molecular flexibility index (Phi) is 5.24. The highest BCUT2D eigenvalue weighted by molar-refractivity contribution is 7.89. The third-order valence-corrected chi connectivity index (χ3v) is 5.36. The maximum absolute atomic E-state index is 13.3. The number of ether oxygens (including phenoxy) is 1. The molecule has 2 rings (SSSR count). The summed E-state index contributed by atoms with van der Waals surface area (Å²) in [5, 5.41) is 0. The third-order valence-electron chi connectivity index (χ3n) is 3.87. The van der Waals surface area contributed by atoms with Gasteiger partial charge in [0.25, 0.3) is 5.92 Å². The predicted molar refractivity (Wildman–Crippen MR) is 77.3 cm³/mol. The van der Waals surface area contributed by atoms with Crippen molar-refractivity contribution in [3.63, 3.8) is 0 Å². The highest BCUT2D eigenvalue weighted by Gasteiger charge is 2.50. The zero-order valence-corrected chi connectivity index (χ0v) is 13.5. The van der Waals surface area contributed by atoms with Crippen molar-refractivity contribution < 1.29 is 26.4 Å². The molecular weight excluding hydrogens is 316 g/mol.